The van der Waals surface area contributed by atoms with E-state index in [0.29, 0.717) is 0 Å². The highest BCUT2D eigenvalue weighted by Crippen LogP contribution is 2.04. The number of benzene rings is 1. The molecule has 7 nitrogen and oxygen atoms in total. The number of hydrogen-bond acceptors (Lipinski definition) is 5. The third-order valence-corrected chi connectivity index (χ3v) is 3.58. The number of carboxylic acid groups (broad SMARTS) is 1. The van der Waals surface area contributed by atoms with E-state index in [1.54, 1.807) is 24.3 Å². The van der Waals surface area contributed by atoms with Crippen LogP contribution in [0.25, 0.3) is 0 Å². The first-order chi connectivity index (χ1) is 10.8. The van der Waals surface area contributed by atoms with Crippen LogP contribution in [0.2, 0.25) is 0 Å². The molecule has 0 bridgehead atoms. The molecule has 8 heteroatoms. The summed E-state index contributed by atoms with van der Waals surface area (Å²) in [4.78, 5) is 35.0. The Bertz CT molecular complexity index is 553. The highest BCUT2D eigenvalue weighted by atomic mass is 32.1. The predicted octanol–water partition coefficient (Wildman–Crippen LogP) is -0.440. The van der Waals surface area contributed by atoms with Crippen LogP contribution in [0.1, 0.15) is 12.5 Å². The van der Waals surface area contributed by atoms with Gasteiger partial charge in [0.15, 0.2) is 0 Å². The van der Waals surface area contributed by atoms with Crippen LogP contribution in [0, 0.1) is 0 Å². The van der Waals surface area contributed by atoms with E-state index in [9.17, 15) is 19.5 Å². The number of hydrogen-bond donors (Lipinski definition) is 5. The predicted molar refractivity (Wildman–Crippen MR) is 89.1 cm³/mol. The van der Waals surface area contributed by atoms with Crippen molar-refractivity contribution in [1.29, 1.82) is 0 Å². The maximum Gasteiger partial charge on any atom is 0.326 e. The largest absolute Gasteiger partial charge is 0.480 e. The number of nitrogens with one attached hydrogen (secondary N) is 2. The SMILES string of the molecule is CC(NC(=O)C(N)CS)C(=O)NC(Cc1ccccc1)C(=O)O. The molecule has 0 fully saturated rings. The zero-order valence-electron chi connectivity index (χ0n) is 12.7. The number of rotatable bonds is 8. The van der Waals surface area contributed by atoms with Gasteiger partial charge in [0.25, 0.3) is 0 Å². The Morgan fingerprint density at radius 3 is 2.30 bits per heavy atom. The van der Waals surface area contributed by atoms with Gasteiger partial charge < -0.3 is 21.5 Å². The quantitative estimate of drug-likeness (QED) is 0.411. The molecule has 3 unspecified atom stereocenters. The Morgan fingerprint density at radius 1 is 1.17 bits per heavy atom. The van der Waals surface area contributed by atoms with Crippen LogP contribution in [0.15, 0.2) is 30.3 Å². The summed E-state index contributed by atoms with van der Waals surface area (Å²) in [7, 11) is 0. The fraction of sp³-hybridized carbons (Fsp3) is 0.400. The van der Waals surface area contributed by atoms with Gasteiger partial charge in [0.1, 0.15) is 12.1 Å². The molecule has 0 radical (unpaired) electrons. The number of amides is 2. The molecular formula is C15H21N3O4S. The third-order valence-electron chi connectivity index (χ3n) is 3.18. The first kappa shape index (κ1) is 19.0. The monoisotopic (exact) mass is 339 g/mol. The van der Waals surface area contributed by atoms with Gasteiger partial charge in [0.05, 0.1) is 6.04 Å². The summed E-state index contributed by atoms with van der Waals surface area (Å²) in [6.07, 6.45) is 0.152. The van der Waals surface area contributed by atoms with E-state index in [2.05, 4.69) is 23.3 Å². The molecular weight excluding hydrogens is 318 g/mol. The second-order valence-corrected chi connectivity index (χ2v) is 5.47. The van der Waals surface area contributed by atoms with Crippen molar-refractivity contribution in [3.05, 3.63) is 35.9 Å². The van der Waals surface area contributed by atoms with Crippen molar-refractivity contribution in [2.75, 3.05) is 5.75 Å². The molecule has 126 valence electrons. The van der Waals surface area contributed by atoms with Gasteiger partial charge in [-0.2, -0.15) is 12.6 Å². The van der Waals surface area contributed by atoms with E-state index in [4.69, 9.17) is 5.73 Å². The van der Waals surface area contributed by atoms with Gasteiger partial charge in [-0.3, -0.25) is 9.59 Å². The van der Waals surface area contributed by atoms with Crippen LogP contribution in [-0.4, -0.2) is 46.8 Å². The Balaban J connectivity index is 2.63. The van der Waals surface area contributed by atoms with E-state index in [-0.39, 0.29) is 12.2 Å². The molecule has 2 amide bonds. The second kappa shape index (κ2) is 9.16. The number of carboxylic acids is 1. The average molecular weight is 339 g/mol. The second-order valence-electron chi connectivity index (χ2n) is 5.11. The van der Waals surface area contributed by atoms with E-state index < -0.39 is 35.9 Å². The molecule has 0 heterocycles. The van der Waals surface area contributed by atoms with E-state index in [1.165, 1.54) is 6.92 Å². The molecule has 5 N–H and O–H groups in total. The number of nitrogens with two attached hydrogens (primary N) is 1. The lowest BCUT2D eigenvalue weighted by Crippen LogP contribution is -2.54. The van der Waals surface area contributed by atoms with E-state index in [1.807, 2.05) is 6.07 Å². The first-order valence-corrected chi connectivity index (χ1v) is 7.72. The lowest BCUT2D eigenvalue weighted by molar-refractivity contribution is -0.142. The molecule has 0 aromatic heterocycles. The smallest absolute Gasteiger partial charge is 0.326 e. The van der Waals surface area contributed by atoms with Crippen molar-refractivity contribution in [1.82, 2.24) is 10.6 Å². The number of aliphatic carboxylic acids is 1. The molecule has 0 saturated carbocycles. The van der Waals surface area contributed by atoms with Crippen LogP contribution >= 0.6 is 12.6 Å². The molecule has 0 aliphatic heterocycles. The van der Waals surface area contributed by atoms with Gasteiger partial charge in [-0.05, 0) is 12.5 Å². The molecule has 1 aromatic carbocycles. The fourth-order valence-corrected chi connectivity index (χ4v) is 1.98. The van der Waals surface area contributed by atoms with Crippen molar-refractivity contribution >= 4 is 30.4 Å². The van der Waals surface area contributed by atoms with Gasteiger partial charge in [-0.1, -0.05) is 30.3 Å². The summed E-state index contributed by atoms with van der Waals surface area (Å²) < 4.78 is 0. The molecule has 0 aliphatic rings. The number of carbonyl (C=O) groups excluding carboxylic acids is 2. The Kier molecular flexibility index (Phi) is 7.56. The van der Waals surface area contributed by atoms with Crippen LogP contribution < -0.4 is 16.4 Å². The summed E-state index contributed by atoms with van der Waals surface area (Å²) >= 11 is 3.90. The first-order valence-electron chi connectivity index (χ1n) is 7.09. The zero-order chi connectivity index (χ0) is 17.4. The van der Waals surface area contributed by atoms with Crippen molar-refractivity contribution in [3.8, 4) is 0 Å². The van der Waals surface area contributed by atoms with Crippen LogP contribution in [0.4, 0.5) is 0 Å². The third kappa shape index (κ3) is 6.29. The van der Waals surface area contributed by atoms with Crippen LogP contribution in [0.5, 0.6) is 0 Å². The van der Waals surface area contributed by atoms with Crippen molar-refractivity contribution in [3.63, 3.8) is 0 Å². The standard InChI is InChI=1S/C15H21N3O4S/c1-9(17-14(20)11(16)8-23)13(19)18-12(15(21)22)7-10-5-3-2-4-6-10/h2-6,9,11-12,23H,7-8,16H2,1H3,(H,17,20)(H,18,19)(H,21,22). The summed E-state index contributed by atoms with van der Waals surface area (Å²) in [5.41, 5.74) is 6.29. The molecule has 0 saturated heterocycles. The van der Waals surface area contributed by atoms with Crippen LogP contribution in [0.3, 0.4) is 0 Å². The molecule has 0 aliphatic carbocycles. The maximum absolute atomic E-state index is 12.0. The number of carbonyl (C=O) groups is 3. The van der Waals surface area contributed by atoms with Gasteiger partial charge in [-0.25, -0.2) is 4.79 Å². The van der Waals surface area contributed by atoms with Crippen molar-refractivity contribution in [2.24, 2.45) is 5.73 Å². The zero-order valence-corrected chi connectivity index (χ0v) is 13.6. The summed E-state index contributed by atoms with van der Waals surface area (Å²) in [6.45, 7) is 1.46. The molecule has 23 heavy (non-hydrogen) atoms. The summed E-state index contributed by atoms with van der Waals surface area (Å²) in [6, 6.07) is 6.15. The Morgan fingerprint density at radius 2 is 1.78 bits per heavy atom. The fourth-order valence-electron chi connectivity index (χ4n) is 1.82. The highest BCUT2D eigenvalue weighted by Gasteiger charge is 2.25. The van der Waals surface area contributed by atoms with Gasteiger partial charge in [0, 0.05) is 12.2 Å². The van der Waals surface area contributed by atoms with E-state index in [0.717, 1.165) is 5.56 Å². The molecule has 1 rings (SSSR count). The number of thiol groups is 1. The molecule has 3 atom stereocenters. The Labute approximate surface area is 140 Å². The van der Waals surface area contributed by atoms with Crippen LogP contribution in [-0.2, 0) is 20.8 Å². The topological polar surface area (TPSA) is 122 Å². The van der Waals surface area contributed by atoms with Crippen molar-refractivity contribution < 1.29 is 19.5 Å². The van der Waals surface area contributed by atoms with Gasteiger partial charge >= 0.3 is 5.97 Å². The molecule has 1 aromatic rings. The molecule has 0 spiro atoms. The minimum absolute atomic E-state index is 0.145. The van der Waals surface area contributed by atoms with E-state index >= 15 is 0 Å². The summed E-state index contributed by atoms with van der Waals surface area (Å²) in [5, 5.41) is 14.1. The minimum atomic E-state index is -1.15. The van der Waals surface area contributed by atoms with Crippen molar-refractivity contribution in [2.45, 2.75) is 31.5 Å². The normalized spacial score (nSPS) is 14.4. The van der Waals surface area contributed by atoms with Gasteiger partial charge in [-0.15, -0.1) is 0 Å². The van der Waals surface area contributed by atoms with Gasteiger partial charge in [0.2, 0.25) is 11.8 Å². The highest BCUT2D eigenvalue weighted by molar-refractivity contribution is 7.80. The average Bonchev–Trinajstić information content (AvgIpc) is 2.53. The lowest BCUT2D eigenvalue weighted by Gasteiger charge is -2.20. The minimum Gasteiger partial charge on any atom is -0.480 e. The summed E-state index contributed by atoms with van der Waals surface area (Å²) in [5.74, 6) is -2.11. The Hall–Kier alpha value is -2.06. The lowest BCUT2D eigenvalue weighted by atomic mass is 10.1. The maximum atomic E-state index is 12.0.